The highest BCUT2D eigenvalue weighted by Gasteiger charge is 2.27. The Balaban J connectivity index is 1.90. The Morgan fingerprint density at radius 1 is 0.906 bits per heavy atom. The molecule has 1 aliphatic heterocycles. The van der Waals surface area contributed by atoms with E-state index in [4.69, 9.17) is 14.2 Å². The maximum absolute atomic E-state index is 13.3. The molecular formula is C23H30N2O6S. The highest BCUT2D eigenvalue weighted by atomic mass is 32.2. The third-order valence-electron chi connectivity index (χ3n) is 5.56. The first-order valence-corrected chi connectivity index (χ1v) is 12.0. The Bertz CT molecular complexity index is 1050. The van der Waals surface area contributed by atoms with E-state index in [1.165, 1.54) is 27.4 Å². The van der Waals surface area contributed by atoms with Crippen LogP contribution in [0.4, 0.5) is 5.69 Å². The van der Waals surface area contributed by atoms with Crippen LogP contribution in [0.15, 0.2) is 35.2 Å². The number of hydrogen-bond acceptors (Lipinski definition) is 6. The maximum Gasteiger partial charge on any atom is 0.255 e. The lowest BCUT2D eigenvalue weighted by atomic mass is 10.1. The summed E-state index contributed by atoms with van der Waals surface area (Å²) in [7, 11) is 0.783. The molecule has 9 heteroatoms. The number of nitrogens with zero attached hydrogens (tertiary/aromatic N) is 1. The van der Waals surface area contributed by atoms with Gasteiger partial charge in [-0.3, -0.25) is 4.79 Å². The van der Waals surface area contributed by atoms with Crippen molar-refractivity contribution in [1.82, 2.24) is 4.31 Å². The first-order valence-electron chi connectivity index (χ1n) is 10.5. The van der Waals surface area contributed by atoms with E-state index in [0.717, 1.165) is 25.7 Å². The third kappa shape index (κ3) is 4.99. The molecule has 0 spiro atoms. The number of methoxy groups -OCH3 is 3. The number of nitrogens with one attached hydrogen (secondary N) is 1. The van der Waals surface area contributed by atoms with Crippen molar-refractivity contribution in [3.63, 3.8) is 0 Å². The van der Waals surface area contributed by atoms with Gasteiger partial charge in [0.1, 0.15) is 0 Å². The lowest BCUT2D eigenvalue weighted by Crippen LogP contribution is -2.32. The minimum Gasteiger partial charge on any atom is -0.493 e. The number of anilines is 1. The van der Waals surface area contributed by atoms with Crippen LogP contribution in [0.5, 0.6) is 17.2 Å². The summed E-state index contributed by atoms with van der Waals surface area (Å²) < 4.78 is 44.0. The molecule has 3 rings (SSSR count). The quantitative estimate of drug-likeness (QED) is 0.672. The Labute approximate surface area is 189 Å². The molecule has 1 fully saturated rings. The topological polar surface area (TPSA) is 94.2 Å². The molecule has 8 nitrogen and oxygen atoms in total. The highest BCUT2D eigenvalue weighted by Crippen LogP contribution is 2.38. The average Bonchev–Trinajstić information content (AvgIpc) is 3.09. The smallest absolute Gasteiger partial charge is 0.255 e. The average molecular weight is 463 g/mol. The molecule has 0 unspecified atom stereocenters. The van der Waals surface area contributed by atoms with Crippen LogP contribution in [0.2, 0.25) is 0 Å². The van der Waals surface area contributed by atoms with Gasteiger partial charge >= 0.3 is 0 Å². The van der Waals surface area contributed by atoms with Crippen molar-refractivity contribution in [3.8, 4) is 17.2 Å². The Morgan fingerprint density at radius 2 is 1.50 bits per heavy atom. The normalized spacial score (nSPS) is 15.0. The Kier molecular flexibility index (Phi) is 7.63. The number of aryl methyl sites for hydroxylation is 1. The molecule has 0 aliphatic carbocycles. The second kappa shape index (κ2) is 10.2. The third-order valence-corrected chi connectivity index (χ3v) is 7.60. The lowest BCUT2D eigenvalue weighted by Gasteiger charge is -2.21. The van der Waals surface area contributed by atoms with E-state index in [1.807, 2.05) is 0 Å². The predicted molar refractivity (Wildman–Crippen MR) is 122 cm³/mol. The molecule has 0 bridgehead atoms. The van der Waals surface area contributed by atoms with Crippen LogP contribution in [0.1, 0.15) is 41.6 Å². The zero-order chi connectivity index (χ0) is 23.3. The van der Waals surface area contributed by atoms with Crippen LogP contribution in [0.3, 0.4) is 0 Å². The van der Waals surface area contributed by atoms with Crippen LogP contribution in [0, 0.1) is 6.92 Å². The summed E-state index contributed by atoms with van der Waals surface area (Å²) in [5.74, 6) is 0.662. The standard InChI is InChI=1S/C23H30N2O6S/c1-16-9-10-18(15-21(16)32(27,28)25-11-7-5-6-8-12-25)24-23(26)17-13-19(29-2)22(31-4)20(14-17)30-3/h9-10,13-15H,5-8,11-12H2,1-4H3,(H,24,26). The van der Waals surface area contributed by atoms with Gasteiger partial charge in [-0.1, -0.05) is 18.9 Å². The highest BCUT2D eigenvalue weighted by molar-refractivity contribution is 7.89. The van der Waals surface area contributed by atoms with Crippen LogP contribution < -0.4 is 19.5 Å². The van der Waals surface area contributed by atoms with E-state index in [0.29, 0.717) is 41.6 Å². The van der Waals surface area contributed by atoms with Crippen LogP contribution >= 0.6 is 0 Å². The minimum atomic E-state index is -3.64. The van der Waals surface area contributed by atoms with Gasteiger partial charge in [-0.25, -0.2) is 8.42 Å². The van der Waals surface area contributed by atoms with Crippen molar-refractivity contribution in [1.29, 1.82) is 0 Å². The van der Waals surface area contributed by atoms with Gasteiger partial charge < -0.3 is 19.5 Å². The fourth-order valence-electron chi connectivity index (χ4n) is 3.79. The lowest BCUT2D eigenvalue weighted by molar-refractivity contribution is 0.102. The van der Waals surface area contributed by atoms with Crippen LogP contribution in [-0.2, 0) is 10.0 Å². The molecule has 1 saturated heterocycles. The Morgan fingerprint density at radius 3 is 2.03 bits per heavy atom. The fraction of sp³-hybridized carbons (Fsp3) is 0.435. The number of sulfonamides is 1. The molecule has 0 aromatic heterocycles. The molecule has 0 radical (unpaired) electrons. The van der Waals surface area contributed by atoms with E-state index in [1.54, 1.807) is 35.5 Å². The van der Waals surface area contributed by atoms with Gasteiger partial charge in [0, 0.05) is 24.3 Å². The van der Waals surface area contributed by atoms with Crippen molar-refractivity contribution in [2.75, 3.05) is 39.7 Å². The largest absolute Gasteiger partial charge is 0.493 e. The number of amides is 1. The van der Waals surface area contributed by atoms with Gasteiger partial charge in [-0.05, 0) is 49.6 Å². The molecule has 174 valence electrons. The van der Waals surface area contributed by atoms with Gasteiger partial charge in [0.15, 0.2) is 11.5 Å². The monoisotopic (exact) mass is 462 g/mol. The van der Waals surface area contributed by atoms with Gasteiger partial charge in [-0.15, -0.1) is 0 Å². The predicted octanol–water partition coefficient (Wildman–Crippen LogP) is 3.84. The van der Waals surface area contributed by atoms with Gasteiger partial charge in [0.2, 0.25) is 15.8 Å². The number of hydrogen-bond donors (Lipinski definition) is 1. The summed E-state index contributed by atoms with van der Waals surface area (Å²) in [6.45, 7) is 2.79. The van der Waals surface area contributed by atoms with E-state index in [9.17, 15) is 13.2 Å². The first-order chi connectivity index (χ1) is 15.3. The molecular weight excluding hydrogens is 432 g/mol. The van der Waals surface area contributed by atoms with Gasteiger partial charge in [0.05, 0.1) is 26.2 Å². The second-order valence-corrected chi connectivity index (χ2v) is 9.57. The molecule has 1 N–H and O–H groups in total. The second-order valence-electron chi connectivity index (χ2n) is 7.67. The van der Waals surface area contributed by atoms with Crippen molar-refractivity contribution in [2.45, 2.75) is 37.5 Å². The molecule has 0 saturated carbocycles. The zero-order valence-electron chi connectivity index (χ0n) is 18.9. The van der Waals surface area contributed by atoms with E-state index in [2.05, 4.69) is 5.32 Å². The number of benzene rings is 2. The van der Waals surface area contributed by atoms with Gasteiger partial charge in [-0.2, -0.15) is 4.31 Å². The van der Waals surface area contributed by atoms with Crippen LogP contribution in [0.25, 0.3) is 0 Å². The van der Waals surface area contributed by atoms with E-state index < -0.39 is 15.9 Å². The number of ether oxygens (including phenoxy) is 3. The molecule has 0 atom stereocenters. The molecule has 1 amide bonds. The van der Waals surface area contributed by atoms with Crippen LogP contribution in [-0.4, -0.2) is 53.0 Å². The summed E-state index contributed by atoms with van der Waals surface area (Å²) >= 11 is 0. The number of carbonyl (C=O) groups is 1. The zero-order valence-corrected chi connectivity index (χ0v) is 19.8. The van der Waals surface area contributed by atoms with Crippen molar-refractivity contribution in [3.05, 3.63) is 41.5 Å². The summed E-state index contributed by atoms with van der Waals surface area (Å²) in [5, 5.41) is 2.78. The summed E-state index contributed by atoms with van der Waals surface area (Å²) in [6.07, 6.45) is 3.79. The molecule has 2 aromatic carbocycles. The minimum absolute atomic E-state index is 0.210. The summed E-state index contributed by atoms with van der Waals surface area (Å²) in [5.41, 5.74) is 1.32. The Hall–Kier alpha value is -2.78. The SMILES string of the molecule is COc1cc(C(=O)Nc2ccc(C)c(S(=O)(=O)N3CCCCCC3)c2)cc(OC)c1OC. The molecule has 1 aliphatic rings. The maximum atomic E-state index is 13.3. The molecule has 1 heterocycles. The fourth-order valence-corrected chi connectivity index (χ4v) is 5.56. The van der Waals surface area contributed by atoms with Crippen molar-refractivity contribution in [2.24, 2.45) is 0 Å². The van der Waals surface area contributed by atoms with Crippen molar-refractivity contribution < 1.29 is 27.4 Å². The van der Waals surface area contributed by atoms with Crippen molar-refractivity contribution >= 4 is 21.6 Å². The first kappa shape index (κ1) is 23.9. The summed E-state index contributed by atoms with van der Waals surface area (Å²) in [6, 6.07) is 7.99. The molecule has 32 heavy (non-hydrogen) atoms. The van der Waals surface area contributed by atoms with E-state index >= 15 is 0 Å². The summed E-state index contributed by atoms with van der Waals surface area (Å²) in [4.78, 5) is 13.1. The van der Waals surface area contributed by atoms with E-state index in [-0.39, 0.29) is 10.5 Å². The molecule has 2 aromatic rings. The number of rotatable bonds is 7. The number of carbonyl (C=O) groups excluding carboxylic acids is 1. The van der Waals surface area contributed by atoms with Gasteiger partial charge in [0.25, 0.3) is 5.91 Å².